The highest BCUT2D eigenvalue weighted by Crippen LogP contribution is 2.06. The van der Waals surface area contributed by atoms with Gasteiger partial charge >= 0.3 is 0 Å². The quantitative estimate of drug-likeness (QED) is 0.671. The lowest BCUT2D eigenvalue weighted by atomic mass is 10.1. The van der Waals surface area contributed by atoms with E-state index in [9.17, 15) is 0 Å². The molecule has 2 heteroatoms. The van der Waals surface area contributed by atoms with E-state index in [-0.39, 0.29) is 0 Å². The lowest BCUT2D eigenvalue weighted by Crippen LogP contribution is -1.90. The van der Waals surface area contributed by atoms with E-state index in [0.717, 1.165) is 24.2 Å². The molecule has 0 atom stereocenters. The van der Waals surface area contributed by atoms with Crippen molar-refractivity contribution in [3.05, 3.63) is 34.9 Å². The summed E-state index contributed by atoms with van der Waals surface area (Å²) in [4.78, 5) is 8.47. The molecule has 0 fully saturated rings. The Labute approximate surface area is 91.8 Å². The van der Waals surface area contributed by atoms with E-state index in [1.807, 2.05) is 26.3 Å². The van der Waals surface area contributed by atoms with Crippen molar-refractivity contribution in [2.45, 2.75) is 20.8 Å². The van der Waals surface area contributed by atoms with Gasteiger partial charge in [-0.25, -0.2) is 0 Å². The molecule has 0 saturated carbocycles. The molecule has 0 amide bonds. The van der Waals surface area contributed by atoms with E-state index in [1.165, 1.54) is 5.56 Å². The Morgan fingerprint density at radius 3 is 1.80 bits per heavy atom. The molecule has 0 aliphatic rings. The molecule has 0 N–H and O–H groups in total. The van der Waals surface area contributed by atoms with E-state index in [0.29, 0.717) is 0 Å². The van der Waals surface area contributed by atoms with Crippen LogP contribution in [0.3, 0.4) is 0 Å². The van der Waals surface area contributed by atoms with Gasteiger partial charge in [-0.1, -0.05) is 12.1 Å². The zero-order chi connectivity index (χ0) is 11.1. The predicted octanol–water partition coefficient (Wildman–Crippen LogP) is 2.87. The molecule has 0 radical (unpaired) electrons. The molecule has 0 aliphatic carbocycles. The maximum Gasteiger partial charge on any atom is 0.0361 e. The summed E-state index contributed by atoms with van der Waals surface area (Å²) in [7, 11) is 0. The molecular formula is C13H18N2. The average Bonchev–Trinajstić information content (AvgIpc) is 2.23. The molecule has 1 aromatic carbocycles. The van der Waals surface area contributed by atoms with E-state index in [4.69, 9.17) is 0 Å². The van der Waals surface area contributed by atoms with E-state index in [2.05, 4.69) is 35.1 Å². The number of rotatable bonds is 4. The van der Waals surface area contributed by atoms with Crippen molar-refractivity contribution < 1.29 is 0 Å². The fourth-order valence-electron chi connectivity index (χ4n) is 1.39. The lowest BCUT2D eigenvalue weighted by molar-refractivity contribution is 1.14. The monoisotopic (exact) mass is 202 g/mol. The molecular weight excluding hydrogens is 184 g/mol. The summed E-state index contributed by atoms with van der Waals surface area (Å²) < 4.78 is 0. The van der Waals surface area contributed by atoms with Crippen molar-refractivity contribution in [1.82, 2.24) is 0 Å². The Balaban J connectivity index is 2.94. The van der Waals surface area contributed by atoms with Gasteiger partial charge in [0.15, 0.2) is 0 Å². The van der Waals surface area contributed by atoms with Crippen molar-refractivity contribution in [3.63, 3.8) is 0 Å². The van der Waals surface area contributed by atoms with Gasteiger partial charge in [0.05, 0.1) is 0 Å². The van der Waals surface area contributed by atoms with Crippen LogP contribution in [0, 0.1) is 6.92 Å². The van der Waals surface area contributed by atoms with Crippen molar-refractivity contribution >= 4 is 12.4 Å². The summed E-state index contributed by atoms with van der Waals surface area (Å²) in [6.45, 7) is 7.81. The fraction of sp³-hybridized carbons (Fsp3) is 0.385. The van der Waals surface area contributed by atoms with Crippen LogP contribution < -0.4 is 0 Å². The highest BCUT2D eigenvalue weighted by molar-refractivity contribution is 5.86. The fourth-order valence-corrected chi connectivity index (χ4v) is 1.39. The Morgan fingerprint density at radius 1 is 0.933 bits per heavy atom. The summed E-state index contributed by atoms with van der Waals surface area (Å²) in [5.41, 5.74) is 3.54. The van der Waals surface area contributed by atoms with Gasteiger partial charge < -0.3 is 0 Å². The standard InChI is InChI=1S/C13H18N2/c1-4-14-9-12-6-11(3)7-13(8-12)10-15-5-2/h6-10H,4-5H2,1-3H3. The number of benzene rings is 1. The van der Waals surface area contributed by atoms with Gasteiger partial charge in [0.2, 0.25) is 0 Å². The van der Waals surface area contributed by atoms with Gasteiger partial charge in [-0.05, 0) is 43.5 Å². The molecule has 0 aliphatic heterocycles. The van der Waals surface area contributed by atoms with Crippen LogP contribution in [0.2, 0.25) is 0 Å². The van der Waals surface area contributed by atoms with Crippen LogP contribution in [-0.4, -0.2) is 25.5 Å². The summed E-state index contributed by atoms with van der Waals surface area (Å²) in [5.74, 6) is 0. The van der Waals surface area contributed by atoms with Crippen LogP contribution >= 0.6 is 0 Å². The zero-order valence-corrected chi connectivity index (χ0v) is 9.70. The molecule has 0 bridgehead atoms. The summed E-state index contributed by atoms with van der Waals surface area (Å²) >= 11 is 0. The van der Waals surface area contributed by atoms with Crippen LogP contribution in [0.1, 0.15) is 30.5 Å². The van der Waals surface area contributed by atoms with Crippen LogP contribution in [0.15, 0.2) is 28.2 Å². The number of aryl methyl sites for hydroxylation is 1. The minimum Gasteiger partial charge on any atom is -0.293 e. The second kappa shape index (κ2) is 6.12. The molecule has 0 spiro atoms. The van der Waals surface area contributed by atoms with Gasteiger partial charge in [0.25, 0.3) is 0 Å². The Hall–Kier alpha value is -1.44. The minimum atomic E-state index is 0.826. The third-order valence-corrected chi connectivity index (χ3v) is 1.97. The van der Waals surface area contributed by atoms with Gasteiger partial charge in [-0.15, -0.1) is 0 Å². The largest absolute Gasteiger partial charge is 0.293 e. The second-order valence-corrected chi connectivity index (χ2v) is 3.43. The second-order valence-electron chi connectivity index (χ2n) is 3.43. The van der Waals surface area contributed by atoms with Crippen molar-refractivity contribution in [2.24, 2.45) is 9.98 Å². The summed E-state index contributed by atoms with van der Waals surface area (Å²) in [6.07, 6.45) is 3.83. The third-order valence-electron chi connectivity index (χ3n) is 1.97. The van der Waals surface area contributed by atoms with Crippen LogP contribution in [0.4, 0.5) is 0 Å². The van der Waals surface area contributed by atoms with Crippen LogP contribution in [-0.2, 0) is 0 Å². The van der Waals surface area contributed by atoms with Crippen molar-refractivity contribution in [1.29, 1.82) is 0 Å². The van der Waals surface area contributed by atoms with Crippen molar-refractivity contribution in [2.75, 3.05) is 13.1 Å². The lowest BCUT2D eigenvalue weighted by Gasteiger charge is -1.99. The van der Waals surface area contributed by atoms with Gasteiger partial charge in [0.1, 0.15) is 0 Å². The topological polar surface area (TPSA) is 24.7 Å². The van der Waals surface area contributed by atoms with E-state index in [1.54, 1.807) is 0 Å². The minimum absolute atomic E-state index is 0.826. The van der Waals surface area contributed by atoms with Gasteiger partial charge in [0, 0.05) is 25.5 Å². The van der Waals surface area contributed by atoms with Crippen molar-refractivity contribution in [3.8, 4) is 0 Å². The Bertz CT molecular complexity index is 333. The van der Waals surface area contributed by atoms with E-state index < -0.39 is 0 Å². The number of hydrogen-bond donors (Lipinski definition) is 0. The Kier molecular flexibility index (Phi) is 4.75. The molecule has 15 heavy (non-hydrogen) atoms. The summed E-state index contributed by atoms with van der Waals surface area (Å²) in [5, 5.41) is 0. The third kappa shape index (κ3) is 4.07. The number of nitrogens with zero attached hydrogens (tertiary/aromatic N) is 2. The highest BCUT2D eigenvalue weighted by Gasteiger charge is 1.94. The molecule has 0 heterocycles. The first-order valence-electron chi connectivity index (χ1n) is 5.37. The Morgan fingerprint density at radius 2 is 1.40 bits per heavy atom. The maximum absolute atomic E-state index is 4.24. The molecule has 2 nitrogen and oxygen atoms in total. The average molecular weight is 202 g/mol. The number of hydrogen-bond acceptors (Lipinski definition) is 2. The predicted molar refractivity (Wildman–Crippen MR) is 67.4 cm³/mol. The van der Waals surface area contributed by atoms with Gasteiger partial charge in [-0.3, -0.25) is 9.98 Å². The van der Waals surface area contributed by atoms with Gasteiger partial charge in [-0.2, -0.15) is 0 Å². The first kappa shape index (κ1) is 11.6. The first-order chi connectivity index (χ1) is 7.26. The first-order valence-corrected chi connectivity index (χ1v) is 5.37. The molecule has 0 unspecified atom stereocenters. The normalized spacial score (nSPS) is 11.7. The smallest absolute Gasteiger partial charge is 0.0361 e. The molecule has 0 aromatic heterocycles. The molecule has 1 rings (SSSR count). The number of aliphatic imine (C=N–C) groups is 2. The van der Waals surface area contributed by atoms with Crippen LogP contribution in [0.5, 0.6) is 0 Å². The van der Waals surface area contributed by atoms with E-state index >= 15 is 0 Å². The molecule has 80 valence electrons. The molecule has 1 aromatic rings. The summed E-state index contributed by atoms with van der Waals surface area (Å²) in [6, 6.07) is 6.36. The van der Waals surface area contributed by atoms with Crippen LogP contribution in [0.25, 0.3) is 0 Å². The zero-order valence-electron chi connectivity index (χ0n) is 9.70. The molecule has 0 saturated heterocycles. The maximum atomic E-state index is 4.24. The SMILES string of the molecule is CCN=Cc1cc(C)cc(C=NCC)c1. The highest BCUT2D eigenvalue weighted by atomic mass is 14.7.